The van der Waals surface area contributed by atoms with Gasteiger partial charge in [-0.2, -0.15) is 0 Å². The highest BCUT2D eigenvalue weighted by Crippen LogP contribution is 2.32. The fraction of sp³-hybridized carbons (Fsp3) is 0.273. The molecule has 7 nitrogen and oxygen atoms in total. The molecule has 0 N–H and O–H groups in total. The van der Waals surface area contributed by atoms with Gasteiger partial charge in [-0.15, -0.1) is 10.2 Å². The highest BCUT2D eigenvalue weighted by molar-refractivity contribution is 8.00. The first-order valence-corrected chi connectivity index (χ1v) is 11.1. The molecule has 3 aromatic rings. The van der Waals surface area contributed by atoms with Gasteiger partial charge < -0.3 is 9.15 Å². The van der Waals surface area contributed by atoms with Gasteiger partial charge in [0, 0.05) is 22.7 Å². The normalized spacial score (nSPS) is 16.8. The van der Waals surface area contributed by atoms with E-state index in [2.05, 4.69) is 10.2 Å². The van der Waals surface area contributed by atoms with Crippen molar-refractivity contribution in [2.45, 2.75) is 29.7 Å². The van der Waals surface area contributed by atoms with Crippen LogP contribution in [-0.2, 0) is 4.79 Å². The van der Waals surface area contributed by atoms with Crippen molar-refractivity contribution in [3.8, 4) is 17.2 Å². The summed E-state index contributed by atoms with van der Waals surface area (Å²) in [6.45, 7) is 0.387. The Morgan fingerprint density at radius 3 is 2.58 bits per heavy atom. The van der Waals surface area contributed by atoms with Gasteiger partial charge in [0.2, 0.25) is 11.8 Å². The first-order chi connectivity index (χ1) is 15.0. The number of thioether (sulfide) groups is 1. The smallest absolute Gasteiger partial charge is 0.277 e. The zero-order chi connectivity index (χ0) is 21.8. The van der Waals surface area contributed by atoms with Crippen molar-refractivity contribution in [1.29, 1.82) is 0 Å². The SMILES string of the molecule is COc1ccc(-c2nnc(S[C@@H]3CCCCN(C(=O)c4ccc(Cl)cc4)C3=O)o2)cc1. The van der Waals surface area contributed by atoms with Crippen molar-refractivity contribution in [2.75, 3.05) is 13.7 Å². The summed E-state index contributed by atoms with van der Waals surface area (Å²) in [5, 5.41) is 8.52. The lowest BCUT2D eigenvalue weighted by atomic mass is 10.2. The predicted molar refractivity (Wildman–Crippen MR) is 117 cm³/mol. The van der Waals surface area contributed by atoms with Crippen molar-refractivity contribution in [2.24, 2.45) is 0 Å². The maximum Gasteiger partial charge on any atom is 0.277 e. The van der Waals surface area contributed by atoms with Gasteiger partial charge in [0.1, 0.15) is 5.75 Å². The third-order valence-corrected chi connectivity index (χ3v) is 6.30. The van der Waals surface area contributed by atoms with E-state index in [4.69, 9.17) is 20.8 Å². The summed E-state index contributed by atoms with van der Waals surface area (Å²) >= 11 is 7.11. The molecule has 9 heteroatoms. The van der Waals surface area contributed by atoms with E-state index in [0.29, 0.717) is 34.7 Å². The standard InChI is InChI=1S/C22H20ClN3O4S/c1-29-17-11-7-14(8-12-17)19-24-25-22(30-19)31-18-4-2-3-13-26(21(18)28)20(27)15-5-9-16(23)10-6-15/h5-12,18H,2-4,13H2,1H3/t18-/m1/s1. The van der Waals surface area contributed by atoms with Gasteiger partial charge >= 0.3 is 0 Å². The van der Waals surface area contributed by atoms with Gasteiger partial charge in [-0.25, -0.2) is 0 Å². The van der Waals surface area contributed by atoms with E-state index in [-0.39, 0.29) is 11.8 Å². The van der Waals surface area contributed by atoms with Crippen molar-refractivity contribution in [3.63, 3.8) is 0 Å². The minimum atomic E-state index is -0.470. The molecule has 4 rings (SSSR count). The summed E-state index contributed by atoms with van der Waals surface area (Å²) in [5.41, 5.74) is 1.19. The number of hydrogen-bond donors (Lipinski definition) is 0. The number of methoxy groups -OCH3 is 1. The molecule has 31 heavy (non-hydrogen) atoms. The number of nitrogens with zero attached hydrogens (tertiary/aromatic N) is 3. The van der Waals surface area contributed by atoms with E-state index in [1.54, 1.807) is 43.5 Å². The van der Waals surface area contributed by atoms with Crippen LogP contribution in [0.3, 0.4) is 0 Å². The Balaban J connectivity index is 1.48. The molecule has 160 valence electrons. The van der Waals surface area contributed by atoms with E-state index in [0.717, 1.165) is 24.2 Å². The van der Waals surface area contributed by atoms with E-state index < -0.39 is 5.25 Å². The Morgan fingerprint density at radius 1 is 1.13 bits per heavy atom. The van der Waals surface area contributed by atoms with E-state index in [9.17, 15) is 9.59 Å². The molecule has 0 saturated carbocycles. The van der Waals surface area contributed by atoms with Crippen LogP contribution in [0.2, 0.25) is 5.02 Å². The summed E-state index contributed by atoms with van der Waals surface area (Å²) in [7, 11) is 1.60. The van der Waals surface area contributed by atoms with Gasteiger partial charge in [0.05, 0.1) is 12.4 Å². The predicted octanol–water partition coefficient (Wildman–Crippen LogP) is 4.71. The molecule has 0 aliphatic carbocycles. The van der Waals surface area contributed by atoms with Crippen LogP contribution in [0.15, 0.2) is 58.2 Å². The minimum Gasteiger partial charge on any atom is -0.497 e. The molecule has 2 amide bonds. The molecular weight excluding hydrogens is 438 g/mol. The monoisotopic (exact) mass is 457 g/mol. The number of likely N-dealkylation sites (tertiary alicyclic amines) is 1. The van der Waals surface area contributed by atoms with Crippen molar-refractivity contribution in [1.82, 2.24) is 15.1 Å². The highest BCUT2D eigenvalue weighted by atomic mass is 35.5. The number of aromatic nitrogens is 2. The van der Waals surface area contributed by atoms with Crippen LogP contribution in [0.25, 0.3) is 11.5 Å². The van der Waals surface area contributed by atoms with Crippen LogP contribution in [0, 0.1) is 0 Å². The Bertz CT molecular complexity index is 1070. The van der Waals surface area contributed by atoms with Crippen molar-refractivity contribution >= 4 is 35.2 Å². The van der Waals surface area contributed by atoms with E-state index >= 15 is 0 Å². The fourth-order valence-corrected chi connectivity index (χ4v) is 4.39. The number of ether oxygens (including phenoxy) is 1. The molecule has 0 bridgehead atoms. The van der Waals surface area contributed by atoms with Crippen LogP contribution in [-0.4, -0.2) is 45.8 Å². The Morgan fingerprint density at radius 2 is 1.87 bits per heavy atom. The van der Waals surface area contributed by atoms with Crippen LogP contribution in [0.1, 0.15) is 29.6 Å². The largest absolute Gasteiger partial charge is 0.497 e. The van der Waals surface area contributed by atoms with Crippen LogP contribution >= 0.6 is 23.4 Å². The molecule has 1 aliphatic heterocycles. The van der Waals surface area contributed by atoms with E-state index in [1.165, 1.54) is 16.7 Å². The molecule has 2 heterocycles. The first kappa shape index (κ1) is 21.4. The zero-order valence-electron chi connectivity index (χ0n) is 16.8. The molecule has 1 atom stereocenters. The second kappa shape index (κ2) is 9.53. The number of imide groups is 1. The van der Waals surface area contributed by atoms with Gasteiger partial charge in [-0.3, -0.25) is 14.5 Å². The molecule has 0 spiro atoms. The minimum absolute atomic E-state index is 0.244. The second-order valence-electron chi connectivity index (χ2n) is 7.01. The average molecular weight is 458 g/mol. The quantitative estimate of drug-likeness (QED) is 0.512. The van der Waals surface area contributed by atoms with Crippen LogP contribution in [0.5, 0.6) is 5.75 Å². The number of hydrogen-bond acceptors (Lipinski definition) is 7. The molecular formula is C22H20ClN3O4S. The number of carbonyl (C=O) groups is 2. The molecule has 0 radical (unpaired) electrons. The van der Waals surface area contributed by atoms with Gasteiger partial charge in [-0.1, -0.05) is 29.8 Å². The molecule has 1 aliphatic rings. The van der Waals surface area contributed by atoms with Crippen LogP contribution < -0.4 is 4.74 Å². The lowest BCUT2D eigenvalue weighted by molar-refractivity contribution is -0.127. The molecule has 2 aromatic carbocycles. The Labute approximate surface area is 188 Å². The fourth-order valence-electron chi connectivity index (χ4n) is 3.30. The van der Waals surface area contributed by atoms with Crippen molar-refractivity contribution in [3.05, 3.63) is 59.1 Å². The molecule has 0 unspecified atom stereocenters. The van der Waals surface area contributed by atoms with Gasteiger partial charge in [0.15, 0.2) is 0 Å². The summed E-state index contributed by atoms with van der Waals surface area (Å²) in [4.78, 5) is 27.4. The molecule has 1 fully saturated rings. The first-order valence-electron chi connectivity index (χ1n) is 9.81. The topological polar surface area (TPSA) is 85.5 Å². The van der Waals surface area contributed by atoms with E-state index in [1.807, 2.05) is 12.1 Å². The third kappa shape index (κ3) is 4.91. The maximum absolute atomic E-state index is 13.1. The second-order valence-corrected chi connectivity index (χ2v) is 8.60. The lowest BCUT2D eigenvalue weighted by Gasteiger charge is -2.21. The average Bonchev–Trinajstić information content (AvgIpc) is 3.19. The van der Waals surface area contributed by atoms with Gasteiger partial charge in [-0.05, 0) is 61.4 Å². The highest BCUT2D eigenvalue weighted by Gasteiger charge is 2.33. The van der Waals surface area contributed by atoms with Crippen molar-refractivity contribution < 1.29 is 18.7 Å². The van der Waals surface area contributed by atoms with Crippen LogP contribution in [0.4, 0.5) is 0 Å². The summed E-state index contributed by atoms with van der Waals surface area (Å²) in [6, 6.07) is 13.8. The Hall–Kier alpha value is -2.84. The molecule has 1 saturated heterocycles. The third-order valence-electron chi connectivity index (χ3n) is 4.96. The number of halogens is 1. The summed E-state index contributed by atoms with van der Waals surface area (Å²) < 4.78 is 10.9. The number of carbonyl (C=O) groups excluding carboxylic acids is 2. The number of benzene rings is 2. The Kier molecular flexibility index (Phi) is 6.58. The summed E-state index contributed by atoms with van der Waals surface area (Å²) in [5.74, 6) is 0.526. The number of amides is 2. The zero-order valence-corrected chi connectivity index (χ0v) is 18.4. The molecule has 1 aromatic heterocycles. The number of rotatable bonds is 5. The summed E-state index contributed by atoms with van der Waals surface area (Å²) in [6.07, 6.45) is 2.21. The lowest BCUT2D eigenvalue weighted by Crippen LogP contribution is -2.41. The maximum atomic E-state index is 13.1. The van der Waals surface area contributed by atoms with Gasteiger partial charge in [0.25, 0.3) is 11.1 Å².